The van der Waals surface area contributed by atoms with Crippen LogP contribution >= 0.6 is 46.4 Å². The molecule has 0 unspecified atom stereocenters. The molecule has 2 aromatic carbocycles. The van der Waals surface area contributed by atoms with Gasteiger partial charge in [-0.1, -0.05) is 64.6 Å². The highest BCUT2D eigenvalue weighted by molar-refractivity contribution is 6.45. The Bertz CT molecular complexity index is 581. The van der Waals surface area contributed by atoms with Crippen LogP contribution in [-0.2, 0) is 0 Å². The Labute approximate surface area is 119 Å². The summed E-state index contributed by atoms with van der Waals surface area (Å²) in [5, 5.41) is 1.64. The fraction of sp³-hybridized carbons (Fsp3) is 0. The second-order valence-corrected chi connectivity index (χ2v) is 4.99. The highest BCUT2D eigenvalue weighted by atomic mass is 35.5. The first-order valence-electron chi connectivity index (χ1n) is 4.70. The van der Waals surface area contributed by atoms with Gasteiger partial charge in [0.15, 0.2) is 0 Å². The van der Waals surface area contributed by atoms with E-state index in [0.717, 1.165) is 5.56 Å². The number of anilines is 1. The van der Waals surface area contributed by atoms with E-state index in [0.29, 0.717) is 31.3 Å². The molecule has 2 aromatic rings. The predicted octanol–water partition coefficient (Wildman–Crippen LogP) is 5.55. The summed E-state index contributed by atoms with van der Waals surface area (Å²) in [6.45, 7) is 0. The third-order valence-electron chi connectivity index (χ3n) is 2.37. The van der Waals surface area contributed by atoms with Crippen molar-refractivity contribution < 1.29 is 0 Å². The normalized spacial score (nSPS) is 10.6. The molecule has 5 heteroatoms. The molecule has 17 heavy (non-hydrogen) atoms. The summed E-state index contributed by atoms with van der Waals surface area (Å²) < 4.78 is 0. The van der Waals surface area contributed by atoms with Crippen LogP contribution in [0.2, 0.25) is 20.1 Å². The molecule has 0 aliphatic rings. The lowest BCUT2D eigenvalue weighted by molar-refractivity contribution is 1.60. The lowest BCUT2D eigenvalue weighted by Crippen LogP contribution is -1.92. The van der Waals surface area contributed by atoms with Crippen LogP contribution in [-0.4, -0.2) is 0 Å². The lowest BCUT2D eigenvalue weighted by Gasteiger charge is -2.11. The number of hydrogen-bond donors (Lipinski definition) is 1. The topological polar surface area (TPSA) is 26.0 Å². The Kier molecular flexibility index (Phi) is 3.74. The van der Waals surface area contributed by atoms with E-state index in [-0.39, 0.29) is 0 Å². The molecule has 0 saturated heterocycles. The predicted molar refractivity (Wildman–Crippen MR) is 76.3 cm³/mol. The summed E-state index contributed by atoms with van der Waals surface area (Å²) >= 11 is 23.9. The summed E-state index contributed by atoms with van der Waals surface area (Å²) in [5.74, 6) is 0. The summed E-state index contributed by atoms with van der Waals surface area (Å²) in [6.07, 6.45) is 0. The van der Waals surface area contributed by atoms with Crippen LogP contribution in [0.15, 0.2) is 30.3 Å². The number of nitrogens with two attached hydrogens (primary N) is 1. The molecule has 2 rings (SSSR count). The van der Waals surface area contributed by atoms with E-state index in [1.54, 1.807) is 24.3 Å². The van der Waals surface area contributed by atoms with Gasteiger partial charge >= 0.3 is 0 Å². The van der Waals surface area contributed by atoms with Crippen molar-refractivity contribution in [2.24, 2.45) is 0 Å². The fourth-order valence-corrected chi connectivity index (χ4v) is 2.24. The van der Waals surface area contributed by atoms with Gasteiger partial charge in [0.25, 0.3) is 0 Å². The van der Waals surface area contributed by atoms with Crippen LogP contribution < -0.4 is 5.73 Å². The molecule has 1 nitrogen and oxygen atoms in total. The highest BCUT2D eigenvalue weighted by Crippen LogP contribution is 2.40. The van der Waals surface area contributed by atoms with Crippen LogP contribution in [0.3, 0.4) is 0 Å². The highest BCUT2D eigenvalue weighted by Gasteiger charge is 2.13. The smallest absolute Gasteiger partial charge is 0.0827 e. The molecular weight excluding hydrogens is 300 g/mol. The average Bonchev–Trinajstić information content (AvgIpc) is 2.31. The van der Waals surface area contributed by atoms with Crippen LogP contribution in [0.1, 0.15) is 0 Å². The van der Waals surface area contributed by atoms with E-state index in [1.807, 2.05) is 6.07 Å². The minimum absolute atomic E-state index is 0.320. The van der Waals surface area contributed by atoms with Crippen LogP contribution in [0.25, 0.3) is 11.1 Å². The van der Waals surface area contributed by atoms with Gasteiger partial charge in [-0.2, -0.15) is 0 Å². The maximum atomic E-state index is 6.13. The van der Waals surface area contributed by atoms with E-state index in [2.05, 4.69) is 0 Å². The molecule has 0 aliphatic carbocycles. The quantitative estimate of drug-likeness (QED) is 0.687. The van der Waals surface area contributed by atoms with Gasteiger partial charge in [0.05, 0.1) is 25.8 Å². The van der Waals surface area contributed by atoms with Crippen molar-refractivity contribution in [1.29, 1.82) is 0 Å². The van der Waals surface area contributed by atoms with Crippen molar-refractivity contribution in [2.75, 3.05) is 5.73 Å². The van der Waals surface area contributed by atoms with E-state index >= 15 is 0 Å². The number of hydrogen-bond acceptors (Lipinski definition) is 1. The summed E-state index contributed by atoms with van der Waals surface area (Å²) in [5.41, 5.74) is 7.75. The van der Waals surface area contributed by atoms with Gasteiger partial charge in [0.1, 0.15) is 0 Å². The monoisotopic (exact) mass is 305 g/mol. The van der Waals surface area contributed by atoms with Crippen molar-refractivity contribution >= 4 is 52.1 Å². The second-order valence-electron chi connectivity index (χ2n) is 3.42. The Morgan fingerprint density at radius 2 is 1.35 bits per heavy atom. The zero-order valence-corrected chi connectivity index (χ0v) is 11.5. The first kappa shape index (κ1) is 12.8. The minimum Gasteiger partial charge on any atom is -0.397 e. The van der Waals surface area contributed by atoms with Gasteiger partial charge in [-0.25, -0.2) is 0 Å². The van der Waals surface area contributed by atoms with Gasteiger partial charge in [-0.05, 0) is 12.1 Å². The number of halogens is 4. The first-order valence-corrected chi connectivity index (χ1v) is 6.21. The van der Waals surface area contributed by atoms with Crippen LogP contribution in [0, 0.1) is 0 Å². The molecule has 0 radical (unpaired) electrons. The second kappa shape index (κ2) is 4.95. The standard InChI is InChI=1S/C12H7Cl4N/c13-8-3-1-2-6(10(8)15)7-4-5-9(14)11(16)12(7)17/h1-5H,17H2. The Hall–Kier alpha value is -0.600. The van der Waals surface area contributed by atoms with E-state index in [9.17, 15) is 0 Å². The maximum Gasteiger partial charge on any atom is 0.0827 e. The van der Waals surface area contributed by atoms with Crippen molar-refractivity contribution in [1.82, 2.24) is 0 Å². The Balaban J connectivity index is 2.69. The van der Waals surface area contributed by atoms with Crippen molar-refractivity contribution in [3.63, 3.8) is 0 Å². The molecule has 0 saturated carbocycles. The first-order chi connectivity index (χ1) is 8.02. The lowest BCUT2D eigenvalue weighted by atomic mass is 10.0. The van der Waals surface area contributed by atoms with Gasteiger partial charge < -0.3 is 5.73 Å². The zero-order chi connectivity index (χ0) is 12.6. The van der Waals surface area contributed by atoms with Gasteiger partial charge in [0.2, 0.25) is 0 Å². The van der Waals surface area contributed by atoms with E-state index in [1.165, 1.54) is 0 Å². The number of nitrogen functional groups attached to an aromatic ring is 1. The number of rotatable bonds is 1. The largest absolute Gasteiger partial charge is 0.397 e. The van der Waals surface area contributed by atoms with Crippen molar-refractivity contribution in [3.05, 3.63) is 50.4 Å². The zero-order valence-electron chi connectivity index (χ0n) is 8.48. The molecule has 0 atom stereocenters. The molecule has 88 valence electrons. The Morgan fingerprint density at radius 1 is 0.706 bits per heavy atom. The molecular formula is C12H7Cl4N. The molecule has 0 aromatic heterocycles. The molecule has 0 heterocycles. The maximum absolute atomic E-state index is 6.13. The van der Waals surface area contributed by atoms with E-state index < -0.39 is 0 Å². The molecule has 0 aliphatic heterocycles. The van der Waals surface area contributed by atoms with Gasteiger partial charge in [-0.3, -0.25) is 0 Å². The van der Waals surface area contributed by atoms with Crippen molar-refractivity contribution in [2.45, 2.75) is 0 Å². The molecule has 0 spiro atoms. The van der Waals surface area contributed by atoms with Gasteiger partial charge in [0, 0.05) is 11.1 Å². The van der Waals surface area contributed by atoms with Crippen LogP contribution in [0.5, 0.6) is 0 Å². The molecule has 0 amide bonds. The van der Waals surface area contributed by atoms with Crippen LogP contribution in [0.4, 0.5) is 5.69 Å². The third kappa shape index (κ3) is 2.34. The van der Waals surface area contributed by atoms with E-state index in [4.69, 9.17) is 52.1 Å². The summed E-state index contributed by atoms with van der Waals surface area (Å²) in [4.78, 5) is 0. The SMILES string of the molecule is Nc1c(-c2cccc(Cl)c2Cl)ccc(Cl)c1Cl. The minimum atomic E-state index is 0.320. The van der Waals surface area contributed by atoms with Gasteiger partial charge in [-0.15, -0.1) is 0 Å². The average molecular weight is 307 g/mol. The van der Waals surface area contributed by atoms with Crippen molar-refractivity contribution in [3.8, 4) is 11.1 Å². The molecule has 2 N–H and O–H groups in total. The third-order valence-corrected chi connectivity index (χ3v) is 4.01. The summed E-state index contributed by atoms with van der Waals surface area (Å²) in [6, 6.07) is 8.77. The Morgan fingerprint density at radius 3 is 2.06 bits per heavy atom. The molecule has 0 bridgehead atoms. The molecule has 0 fully saturated rings. The summed E-state index contributed by atoms with van der Waals surface area (Å²) in [7, 11) is 0. The fourth-order valence-electron chi connectivity index (χ4n) is 1.51. The number of benzene rings is 2.